The van der Waals surface area contributed by atoms with Crippen LogP contribution in [0.4, 0.5) is 5.69 Å². The lowest BCUT2D eigenvalue weighted by molar-refractivity contribution is -0.120. The summed E-state index contributed by atoms with van der Waals surface area (Å²) in [6, 6.07) is 8.29. The minimum absolute atomic E-state index is 0. The summed E-state index contributed by atoms with van der Waals surface area (Å²) in [5.74, 6) is 0.907. The van der Waals surface area contributed by atoms with Gasteiger partial charge in [-0.2, -0.15) is 0 Å². The van der Waals surface area contributed by atoms with Crippen LogP contribution in [0.1, 0.15) is 38.7 Å². The molecule has 0 bridgehead atoms. The van der Waals surface area contributed by atoms with E-state index in [9.17, 15) is 4.79 Å². The van der Waals surface area contributed by atoms with Crippen LogP contribution in [0.15, 0.2) is 29.3 Å². The molecule has 29 heavy (non-hydrogen) atoms. The highest BCUT2D eigenvalue weighted by molar-refractivity contribution is 14.0. The Morgan fingerprint density at radius 2 is 1.93 bits per heavy atom. The molecular formula is C21H36IN5O2. The number of anilines is 1. The molecule has 164 valence electrons. The van der Waals surface area contributed by atoms with Gasteiger partial charge in [0.1, 0.15) is 0 Å². The van der Waals surface area contributed by atoms with E-state index < -0.39 is 0 Å². The number of piperazine rings is 1. The van der Waals surface area contributed by atoms with E-state index in [1.54, 1.807) is 0 Å². The fraction of sp³-hybridized carbons (Fsp3) is 0.619. The summed E-state index contributed by atoms with van der Waals surface area (Å²) >= 11 is 0. The average molecular weight is 517 g/mol. The second-order valence-corrected chi connectivity index (χ2v) is 6.88. The van der Waals surface area contributed by atoms with Gasteiger partial charge in [-0.25, -0.2) is 4.99 Å². The SMILES string of the molecule is CCCCOCCCNC(=NCc1ccc(N2CCNC(=O)C2)cc1)NCC.I. The summed E-state index contributed by atoms with van der Waals surface area (Å²) in [5.41, 5.74) is 2.22. The van der Waals surface area contributed by atoms with Crippen LogP contribution in [0.25, 0.3) is 0 Å². The molecule has 8 heteroatoms. The zero-order valence-electron chi connectivity index (χ0n) is 17.7. The number of aliphatic imine (C=N–C) groups is 1. The number of benzene rings is 1. The highest BCUT2D eigenvalue weighted by atomic mass is 127. The molecule has 0 atom stereocenters. The molecule has 0 unspecified atom stereocenters. The van der Waals surface area contributed by atoms with Crippen molar-refractivity contribution in [2.45, 2.75) is 39.7 Å². The molecule has 2 rings (SSSR count). The summed E-state index contributed by atoms with van der Waals surface area (Å²) < 4.78 is 5.58. The maximum Gasteiger partial charge on any atom is 0.239 e. The van der Waals surface area contributed by atoms with Gasteiger partial charge in [-0.1, -0.05) is 25.5 Å². The Kier molecular flexibility index (Phi) is 13.5. The first-order valence-electron chi connectivity index (χ1n) is 10.4. The summed E-state index contributed by atoms with van der Waals surface area (Å²) in [6.07, 6.45) is 3.26. The third kappa shape index (κ3) is 10.2. The standard InChI is InChI=1S/C21H35N5O2.HI/c1-3-5-14-28-15-6-11-24-21(22-4-2)25-16-18-7-9-19(10-8-18)26-13-12-23-20(27)17-26;/h7-10H,3-6,11-17H2,1-2H3,(H,23,27)(H2,22,24,25);1H. The minimum atomic E-state index is 0. The van der Waals surface area contributed by atoms with E-state index in [-0.39, 0.29) is 29.9 Å². The lowest BCUT2D eigenvalue weighted by Crippen LogP contribution is -2.47. The molecule has 1 aliphatic heterocycles. The van der Waals surface area contributed by atoms with Gasteiger partial charge in [0.15, 0.2) is 5.96 Å². The van der Waals surface area contributed by atoms with Crippen LogP contribution in [0.5, 0.6) is 0 Å². The topological polar surface area (TPSA) is 78.0 Å². The third-order valence-electron chi connectivity index (χ3n) is 4.50. The van der Waals surface area contributed by atoms with E-state index in [1.165, 1.54) is 6.42 Å². The summed E-state index contributed by atoms with van der Waals surface area (Å²) in [4.78, 5) is 18.3. The number of rotatable bonds is 11. The molecule has 1 fully saturated rings. The Hall–Kier alpha value is -1.55. The Labute approximate surface area is 192 Å². The predicted molar refractivity (Wildman–Crippen MR) is 130 cm³/mol. The first-order valence-corrected chi connectivity index (χ1v) is 10.4. The van der Waals surface area contributed by atoms with Gasteiger partial charge < -0.3 is 25.6 Å². The van der Waals surface area contributed by atoms with E-state index in [2.05, 4.69) is 64.0 Å². The highest BCUT2D eigenvalue weighted by Crippen LogP contribution is 2.16. The number of hydrogen-bond donors (Lipinski definition) is 3. The largest absolute Gasteiger partial charge is 0.381 e. The normalized spacial score (nSPS) is 14.2. The van der Waals surface area contributed by atoms with Crippen molar-refractivity contribution in [1.82, 2.24) is 16.0 Å². The molecule has 1 aliphatic rings. The predicted octanol–water partition coefficient (Wildman–Crippen LogP) is 2.50. The molecule has 1 aromatic rings. The summed E-state index contributed by atoms with van der Waals surface area (Å²) in [6.45, 7) is 10.1. The zero-order valence-corrected chi connectivity index (χ0v) is 20.0. The van der Waals surface area contributed by atoms with Gasteiger partial charge in [0.25, 0.3) is 0 Å². The van der Waals surface area contributed by atoms with Gasteiger partial charge in [0, 0.05) is 45.1 Å². The van der Waals surface area contributed by atoms with Crippen LogP contribution in [0.3, 0.4) is 0 Å². The van der Waals surface area contributed by atoms with E-state index >= 15 is 0 Å². The summed E-state index contributed by atoms with van der Waals surface area (Å²) in [5, 5.41) is 9.48. The van der Waals surface area contributed by atoms with Crippen LogP contribution < -0.4 is 20.9 Å². The number of carbonyl (C=O) groups excluding carboxylic acids is 1. The average Bonchev–Trinajstić information content (AvgIpc) is 2.71. The molecule has 0 aromatic heterocycles. The molecule has 1 heterocycles. The van der Waals surface area contributed by atoms with Crippen molar-refractivity contribution in [3.63, 3.8) is 0 Å². The van der Waals surface area contributed by atoms with Gasteiger partial charge in [0.05, 0.1) is 13.1 Å². The second kappa shape index (κ2) is 15.3. The number of ether oxygens (including phenoxy) is 1. The van der Waals surface area contributed by atoms with Crippen molar-refractivity contribution in [1.29, 1.82) is 0 Å². The minimum Gasteiger partial charge on any atom is -0.381 e. The first-order chi connectivity index (χ1) is 13.7. The lowest BCUT2D eigenvalue weighted by atomic mass is 10.2. The van der Waals surface area contributed by atoms with Gasteiger partial charge >= 0.3 is 0 Å². The van der Waals surface area contributed by atoms with Crippen molar-refractivity contribution in [2.24, 2.45) is 4.99 Å². The maximum atomic E-state index is 11.5. The number of guanidine groups is 1. The third-order valence-corrected chi connectivity index (χ3v) is 4.50. The molecule has 0 aliphatic carbocycles. The quantitative estimate of drug-likeness (QED) is 0.182. The Morgan fingerprint density at radius 1 is 1.17 bits per heavy atom. The number of unbranched alkanes of at least 4 members (excludes halogenated alkanes) is 1. The number of hydrogen-bond acceptors (Lipinski definition) is 4. The number of nitrogens with one attached hydrogen (secondary N) is 3. The molecule has 3 N–H and O–H groups in total. The number of nitrogens with zero attached hydrogens (tertiary/aromatic N) is 2. The van der Waals surface area contributed by atoms with Gasteiger partial charge in [-0.05, 0) is 37.5 Å². The number of carbonyl (C=O) groups is 1. The van der Waals surface area contributed by atoms with Gasteiger partial charge in [-0.15, -0.1) is 24.0 Å². The zero-order chi connectivity index (χ0) is 20.0. The summed E-state index contributed by atoms with van der Waals surface area (Å²) in [7, 11) is 0. The fourth-order valence-corrected chi connectivity index (χ4v) is 2.91. The number of halogens is 1. The van der Waals surface area contributed by atoms with Crippen molar-refractivity contribution >= 4 is 41.5 Å². The van der Waals surface area contributed by atoms with Gasteiger partial charge in [-0.3, -0.25) is 4.79 Å². The van der Waals surface area contributed by atoms with Crippen molar-refractivity contribution in [3.05, 3.63) is 29.8 Å². The van der Waals surface area contributed by atoms with E-state index in [0.29, 0.717) is 19.6 Å². The van der Waals surface area contributed by atoms with E-state index in [0.717, 1.165) is 62.9 Å². The van der Waals surface area contributed by atoms with Crippen molar-refractivity contribution in [3.8, 4) is 0 Å². The van der Waals surface area contributed by atoms with Crippen LogP contribution in [-0.4, -0.2) is 57.8 Å². The fourth-order valence-electron chi connectivity index (χ4n) is 2.91. The molecule has 7 nitrogen and oxygen atoms in total. The lowest BCUT2D eigenvalue weighted by Gasteiger charge is -2.28. The Morgan fingerprint density at radius 3 is 2.62 bits per heavy atom. The van der Waals surface area contributed by atoms with Crippen LogP contribution in [0.2, 0.25) is 0 Å². The molecule has 0 saturated carbocycles. The smallest absolute Gasteiger partial charge is 0.239 e. The van der Waals surface area contributed by atoms with Crippen molar-refractivity contribution < 1.29 is 9.53 Å². The Balaban J connectivity index is 0.00000420. The Bertz CT molecular complexity index is 610. The number of amides is 1. The van der Waals surface area contributed by atoms with E-state index in [4.69, 9.17) is 4.74 Å². The van der Waals surface area contributed by atoms with Crippen LogP contribution in [-0.2, 0) is 16.1 Å². The molecule has 1 aromatic carbocycles. The molecular weight excluding hydrogens is 481 g/mol. The van der Waals surface area contributed by atoms with Gasteiger partial charge in [0.2, 0.25) is 5.91 Å². The maximum absolute atomic E-state index is 11.5. The highest BCUT2D eigenvalue weighted by Gasteiger charge is 2.16. The molecule has 0 spiro atoms. The van der Waals surface area contributed by atoms with Crippen LogP contribution in [0, 0.1) is 0 Å². The molecule has 1 saturated heterocycles. The van der Waals surface area contributed by atoms with Crippen LogP contribution >= 0.6 is 24.0 Å². The molecule has 0 radical (unpaired) electrons. The van der Waals surface area contributed by atoms with E-state index in [1.807, 2.05) is 0 Å². The monoisotopic (exact) mass is 517 g/mol. The molecule has 1 amide bonds. The van der Waals surface area contributed by atoms with Crippen molar-refractivity contribution in [2.75, 3.05) is 50.8 Å². The first kappa shape index (κ1) is 25.5. The second-order valence-electron chi connectivity index (χ2n) is 6.88.